The minimum atomic E-state index is -0.665. The van der Waals surface area contributed by atoms with Crippen LogP contribution in [0.3, 0.4) is 0 Å². The van der Waals surface area contributed by atoms with Gasteiger partial charge in [-0.15, -0.1) is 0 Å². The van der Waals surface area contributed by atoms with Gasteiger partial charge in [0.2, 0.25) is 0 Å². The lowest BCUT2D eigenvalue weighted by atomic mass is 9.94. The molecule has 0 heterocycles. The molecule has 34 heavy (non-hydrogen) atoms. The van der Waals surface area contributed by atoms with Crippen molar-refractivity contribution in [3.05, 3.63) is 0 Å². The van der Waals surface area contributed by atoms with Crippen molar-refractivity contribution in [3.8, 4) is 0 Å². The van der Waals surface area contributed by atoms with E-state index in [1.165, 1.54) is 51.4 Å². The largest absolute Gasteiger partial charge is 0.343 e. The third kappa shape index (κ3) is 22.1. The topological polar surface area (TPSA) is 71.1 Å². The molecular formula is C26H50O6S2. The number of rotatable bonds is 23. The van der Waals surface area contributed by atoms with Gasteiger partial charge in [-0.1, -0.05) is 52.4 Å². The van der Waals surface area contributed by atoms with Gasteiger partial charge in [-0.2, -0.15) is 33.3 Å². The number of thioether (sulfide) groups is 2. The van der Waals surface area contributed by atoms with Crippen LogP contribution < -0.4 is 0 Å². The van der Waals surface area contributed by atoms with Crippen LogP contribution in [0.25, 0.3) is 0 Å². The van der Waals surface area contributed by atoms with Crippen LogP contribution in [-0.2, 0) is 29.1 Å². The van der Waals surface area contributed by atoms with Crippen LogP contribution in [0.1, 0.15) is 119 Å². The van der Waals surface area contributed by atoms with E-state index in [-0.39, 0.29) is 11.9 Å². The van der Waals surface area contributed by atoms with Gasteiger partial charge in [-0.25, -0.2) is 9.59 Å². The minimum Gasteiger partial charge on any atom is -0.298 e. The van der Waals surface area contributed by atoms with E-state index in [9.17, 15) is 9.59 Å². The number of hydrogen-bond acceptors (Lipinski definition) is 8. The first-order valence-corrected chi connectivity index (χ1v) is 15.4. The fourth-order valence-electron chi connectivity index (χ4n) is 2.86. The molecule has 8 heteroatoms. The molecule has 0 spiro atoms. The Labute approximate surface area is 217 Å². The zero-order chi connectivity index (χ0) is 25.7. The van der Waals surface area contributed by atoms with Crippen LogP contribution in [0.4, 0.5) is 0 Å². The molecule has 0 N–H and O–H groups in total. The molecular weight excluding hydrogens is 472 g/mol. The highest BCUT2D eigenvalue weighted by Crippen LogP contribution is 2.25. The van der Waals surface area contributed by atoms with E-state index >= 15 is 0 Å². The Morgan fingerprint density at radius 2 is 0.971 bits per heavy atom. The number of carbonyl (C=O) groups is 2. The standard InChI is InChI=1S/C26H50O6S2/c1-7-9-11-13-19-33-21-15-23(27)29-31-25(3,4)17-18-26(5,6)32-30-24(28)16-22-34-20-14-12-10-8-2/h7-22H2,1-6H3. The highest BCUT2D eigenvalue weighted by molar-refractivity contribution is 7.99. The predicted octanol–water partition coefficient (Wildman–Crippen LogP) is 7.68. The first kappa shape index (κ1) is 33.6. The Morgan fingerprint density at radius 1 is 0.588 bits per heavy atom. The lowest BCUT2D eigenvalue weighted by Gasteiger charge is -2.28. The number of carbonyl (C=O) groups excluding carboxylic acids is 2. The Kier molecular flexibility index (Phi) is 20.5. The monoisotopic (exact) mass is 522 g/mol. The molecule has 0 rings (SSSR count). The van der Waals surface area contributed by atoms with Crippen molar-refractivity contribution in [3.63, 3.8) is 0 Å². The summed E-state index contributed by atoms with van der Waals surface area (Å²) >= 11 is 3.56. The Bertz CT molecular complexity index is 479. The quantitative estimate of drug-likeness (QED) is 0.0768. The summed E-state index contributed by atoms with van der Waals surface area (Å²) < 4.78 is 0. The molecule has 0 aromatic rings. The SMILES string of the molecule is CCCCCCSCCC(=O)OOC(C)(C)CCC(C)(C)OOC(=O)CCSCCCCCC. The van der Waals surface area contributed by atoms with Crippen LogP contribution in [0.2, 0.25) is 0 Å². The van der Waals surface area contributed by atoms with E-state index in [4.69, 9.17) is 19.6 Å². The fourth-order valence-corrected chi connectivity index (χ4v) is 4.71. The van der Waals surface area contributed by atoms with E-state index < -0.39 is 11.2 Å². The Hall–Kier alpha value is -0.440. The van der Waals surface area contributed by atoms with Crippen molar-refractivity contribution in [2.24, 2.45) is 0 Å². The maximum Gasteiger partial charge on any atom is 0.343 e. The van der Waals surface area contributed by atoms with Crippen LogP contribution in [0, 0.1) is 0 Å². The lowest BCUT2D eigenvalue weighted by Crippen LogP contribution is -2.33. The minimum absolute atomic E-state index is 0.343. The van der Waals surface area contributed by atoms with E-state index in [0.29, 0.717) is 25.7 Å². The van der Waals surface area contributed by atoms with E-state index in [0.717, 1.165) is 23.0 Å². The van der Waals surface area contributed by atoms with Gasteiger partial charge < -0.3 is 0 Å². The zero-order valence-corrected chi connectivity index (χ0v) is 24.2. The number of hydrogen-bond donors (Lipinski definition) is 0. The molecule has 0 fully saturated rings. The average Bonchev–Trinajstić information content (AvgIpc) is 2.79. The van der Waals surface area contributed by atoms with E-state index in [1.54, 1.807) is 23.5 Å². The van der Waals surface area contributed by atoms with Crippen molar-refractivity contribution in [2.75, 3.05) is 23.0 Å². The third-order valence-corrected chi connectivity index (χ3v) is 7.38. The van der Waals surface area contributed by atoms with Crippen LogP contribution in [0.5, 0.6) is 0 Å². The second-order valence-corrected chi connectivity index (χ2v) is 12.4. The first-order chi connectivity index (χ1) is 16.1. The first-order valence-electron chi connectivity index (χ1n) is 13.0. The second kappa shape index (κ2) is 20.7. The molecule has 0 radical (unpaired) electrons. The van der Waals surface area contributed by atoms with Gasteiger partial charge in [0, 0.05) is 11.5 Å². The molecule has 0 aliphatic heterocycles. The second-order valence-electron chi connectivity index (χ2n) is 9.94. The van der Waals surface area contributed by atoms with Crippen LogP contribution in [0.15, 0.2) is 0 Å². The molecule has 0 saturated heterocycles. The van der Waals surface area contributed by atoms with Gasteiger partial charge in [0.15, 0.2) is 0 Å². The molecule has 0 amide bonds. The van der Waals surface area contributed by atoms with Gasteiger partial charge in [0.1, 0.15) is 11.2 Å². The van der Waals surface area contributed by atoms with Crippen molar-refractivity contribution in [1.82, 2.24) is 0 Å². The van der Waals surface area contributed by atoms with E-state index in [2.05, 4.69) is 13.8 Å². The highest BCUT2D eigenvalue weighted by Gasteiger charge is 2.29. The molecule has 0 aromatic carbocycles. The molecule has 0 unspecified atom stereocenters. The molecule has 0 saturated carbocycles. The number of unbranched alkanes of at least 4 members (excludes halogenated alkanes) is 6. The smallest absolute Gasteiger partial charge is 0.298 e. The maximum absolute atomic E-state index is 11.9. The van der Waals surface area contributed by atoms with Crippen molar-refractivity contribution in [1.29, 1.82) is 0 Å². The van der Waals surface area contributed by atoms with Gasteiger partial charge in [0.25, 0.3) is 0 Å². The molecule has 0 aliphatic carbocycles. The summed E-state index contributed by atoms with van der Waals surface area (Å²) in [6.07, 6.45) is 11.7. The highest BCUT2D eigenvalue weighted by atomic mass is 32.2. The molecule has 6 nitrogen and oxygen atoms in total. The molecule has 0 aromatic heterocycles. The van der Waals surface area contributed by atoms with Crippen molar-refractivity contribution in [2.45, 2.75) is 130 Å². The predicted molar refractivity (Wildman–Crippen MR) is 144 cm³/mol. The zero-order valence-electron chi connectivity index (χ0n) is 22.6. The van der Waals surface area contributed by atoms with Crippen molar-refractivity contribution >= 4 is 35.5 Å². The van der Waals surface area contributed by atoms with E-state index in [1.807, 2.05) is 27.7 Å². The Balaban J connectivity index is 3.93. The summed E-state index contributed by atoms with van der Waals surface area (Å²) in [6, 6.07) is 0. The summed E-state index contributed by atoms with van der Waals surface area (Å²) in [4.78, 5) is 44.7. The fraction of sp³-hybridized carbons (Fsp3) is 0.923. The summed E-state index contributed by atoms with van der Waals surface area (Å²) in [5.41, 5.74) is -1.33. The van der Waals surface area contributed by atoms with Crippen LogP contribution in [-0.4, -0.2) is 46.2 Å². The molecule has 202 valence electrons. The maximum atomic E-state index is 11.9. The van der Waals surface area contributed by atoms with Crippen LogP contribution >= 0.6 is 23.5 Å². The average molecular weight is 523 g/mol. The third-order valence-electron chi connectivity index (χ3n) is 5.24. The molecule has 0 bridgehead atoms. The summed E-state index contributed by atoms with van der Waals surface area (Å²) in [6.45, 7) is 11.9. The van der Waals surface area contributed by atoms with Crippen molar-refractivity contribution < 1.29 is 29.1 Å². The van der Waals surface area contributed by atoms with Gasteiger partial charge in [-0.3, -0.25) is 9.78 Å². The summed E-state index contributed by atoms with van der Waals surface area (Å²) in [5, 5.41) is 0. The lowest BCUT2D eigenvalue weighted by molar-refractivity contribution is -0.340. The van der Waals surface area contributed by atoms with Gasteiger partial charge in [0.05, 0.1) is 12.8 Å². The summed E-state index contributed by atoms with van der Waals surface area (Å²) in [7, 11) is 0. The van der Waals surface area contributed by atoms with Gasteiger partial charge in [-0.05, 0) is 64.9 Å². The Morgan fingerprint density at radius 3 is 1.32 bits per heavy atom. The molecule has 0 aliphatic rings. The molecule has 0 atom stereocenters. The van der Waals surface area contributed by atoms with Gasteiger partial charge >= 0.3 is 11.9 Å². The summed E-state index contributed by atoms with van der Waals surface area (Å²) in [5.74, 6) is 2.97. The normalized spacial score (nSPS) is 12.1.